The summed E-state index contributed by atoms with van der Waals surface area (Å²) in [4.78, 5) is 26.5. The number of carbonyl (C=O) groups excluding carboxylic acids is 1. The first-order valence-corrected chi connectivity index (χ1v) is 8.73. The highest BCUT2D eigenvalue weighted by Crippen LogP contribution is 2.34. The zero-order valence-corrected chi connectivity index (χ0v) is 14.8. The van der Waals surface area contributed by atoms with Crippen LogP contribution >= 0.6 is 12.4 Å². The molecule has 3 unspecified atom stereocenters. The third kappa shape index (κ3) is 3.09. The average Bonchev–Trinajstić information content (AvgIpc) is 2.99. The van der Waals surface area contributed by atoms with Gasteiger partial charge in [0, 0.05) is 44.2 Å². The molecule has 3 aliphatic rings. The summed E-state index contributed by atoms with van der Waals surface area (Å²) >= 11 is 0. The Labute approximate surface area is 148 Å². The summed E-state index contributed by atoms with van der Waals surface area (Å²) in [6, 6.07) is 2.12. The van der Waals surface area contributed by atoms with Crippen molar-refractivity contribution in [1.82, 2.24) is 20.0 Å². The maximum Gasteiger partial charge on any atom is 0.266 e. The minimum absolute atomic E-state index is 0. The van der Waals surface area contributed by atoms with E-state index >= 15 is 0 Å². The van der Waals surface area contributed by atoms with Gasteiger partial charge in [0.25, 0.3) is 5.56 Å². The fraction of sp³-hybridized carbons (Fsp3) is 0.706. The van der Waals surface area contributed by atoms with E-state index in [0.717, 1.165) is 24.1 Å². The first-order valence-electron chi connectivity index (χ1n) is 8.73. The lowest BCUT2D eigenvalue weighted by molar-refractivity contribution is -0.134. The molecule has 1 saturated heterocycles. The SMILES string of the molecule is Cl.Cn1nc2c(cc1=O)CN(C(=O)C1CC3CCCCC3N1)CC2. The average molecular weight is 353 g/mol. The van der Waals surface area contributed by atoms with E-state index in [-0.39, 0.29) is 29.9 Å². The summed E-state index contributed by atoms with van der Waals surface area (Å²) in [5.74, 6) is 0.870. The first kappa shape index (κ1) is 17.4. The normalized spacial score (nSPS) is 28.7. The highest BCUT2D eigenvalue weighted by atomic mass is 35.5. The number of aromatic nitrogens is 2. The number of rotatable bonds is 1. The van der Waals surface area contributed by atoms with Gasteiger partial charge >= 0.3 is 0 Å². The van der Waals surface area contributed by atoms with Crippen LogP contribution in [0.2, 0.25) is 0 Å². The van der Waals surface area contributed by atoms with Crippen molar-refractivity contribution in [1.29, 1.82) is 0 Å². The van der Waals surface area contributed by atoms with E-state index in [9.17, 15) is 9.59 Å². The highest BCUT2D eigenvalue weighted by molar-refractivity contribution is 5.85. The Morgan fingerprint density at radius 3 is 2.92 bits per heavy atom. The van der Waals surface area contributed by atoms with E-state index in [2.05, 4.69) is 10.4 Å². The number of aryl methyl sites for hydroxylation is 1. The van der Waals surface area contributed by atoms with Gasteiger partial charge in [-0.1, -0.05) is 12.8 Å². The second-order valence-corrected chi connectivity index (χ2v) is 7.19. The predicted octanol–water partition coefficient (Wildman–Crippen LogP) is 1.01. The lowest BCUT2D eigenvalue weighted by Crippen LogP contribution is -2.47. The molecule has 1 aromatic rings. The Balaban J connectivity index is 0.00000169. The first-order chi connectivity index (χ1) is 11.1. The molecule has 7 heteroatoms. The number of fused-ring (bicyclic) bond motifs is 2. The molecule has 3 atom stereocenters. The summed E-state index contributed by atoms with van der Waals surface area (Å²) in [5, 5.41) is 7.88. The molecule has 1 aliphatic carbocycles. The second kappa shape index (κ2) is 6.84. The van der Waals surface area contributed by atoms with E-state index < -0.39 is 0 Å². The van der Waals surface area contributed by atoms with Gasteiger partial charge in [-0.2, -0.15) is 5.10 Å². The van der Waals surface area contributed by atoms with Crippen molar-refractivity contribution in [3.8, 4) is 0 Å². The number of nitrogens with one attached hydrogen (secondary N) is 1. The number of nitrogens with zero attached hydrogens (tertiary/aromatic N) is 3. The van der Waals surface area contributed by atoms with Crippen molar-refractivity contribution in [2.45, 2.75) is 57.2 Å². The fourth-order valence-electron chi connectivity index (χ4n) is 4.41. The molecule has 6 nitrogen and oxygen atoms in total. The van der Waals surface area contributed by atoms with Gasteiger partial charge in [0.1, 0.15) is 0 Å². The van der Waals surface area contributed by atoms with E-state index in [1.165, 1.54) is 30.4 Å². The van der Waals surface area contributed by atoms with Crippen LogP contribution in [-0.2, 0) is 24.8 Å². The minimum atomic E-state index is -0.108. The van der Waals surface area contributed by atoms with Gasteiger partial charge in [-0.05, 0) is 25.2 Å². The Bertz CT molecular complexity index is 676. The van der Waals surface area contributed by atoms with Crippen molar-refractivity contribution >= 4 is 18.3 Å². The second-order valence-electron chi connectivity index (χ2n) is 7.19. The van der Waals surface area contributed by atoms with Crippen LogP contribution in [0, 0.1) is 5.92 Å². The van der Waals surface area contributed by atoms with Gasteiger partial charge < -0.3 is 10.2 Å². The summed E-state index contributed by atoms with van der Waals surface area (Å²) in [7, 11) is 1.67. The van der Waals surface area contributed by atoms with Crippen LogP contribution in [0.1, 0.15) is 43.4 Å². The number of carbonyl (C=O) groups is 1. The molecule has 2 fully saturated rings. The topological polar surface area (TPSA) is 67.2 Å². The third-order valence-corrected chi connectivity index (χ3v) is 5.71. The van der Waals surface area contributed by atoms with Gasteiger partial charge in [0.05, 0.1) is 11.7 Å². The van der Waals surface area contributed by atoms with Crippen molar-refractivity contribution in [2.75, 3.05) is 6.54 Å². The number of hydrogen-bond donors (Lipinski definition) is 1. The van der Waals surface area contributed by atoms with Crippen LogP contribution in [0.25, 0.3) is 0 Å². The van der Waals surface area contributed by atoms with Crippen molar-refractivity contribution in [2.24, 2.45) is 13.0 Å². The molecular weight excluding hydrogens is 328 g/mol. The van der Waals surface area contributed by atoms with Crippen LogP contribution in [0.4, 0.5) is 0 Å². The molecule has 0 radical (unpaired) electrons. The van der Waals surface area contributed by atoms with E-state index in [1.54, 1.807) is 13.1 Å². The molecule has 132 valence electrons. The number of hydrogen-bond acceptors (Lipinski definition) is 4. The molecule has 0 spiro atoms. The molecular formula is C17H25ClN4O2. The summed E-state index contributed by atoms with van der Waals surface area (Å²) in [6.07, 6.45) is 6.74. The molecule has 3 heterocycles. The quantitative estimate of drug-likeness (QED) is 0.819. The third-order valence-electron chi connectivity index (χ3n) is 5.71. The van der Waals surface area contributed by atoms with E-state index in [1.807, 2.05) is 4.90 Å². The Kier molecular flexibility index (Phi) is 4.97. The maximum absolute atomic E-state index is 12.9. The molecule has 24 heavy (non-hydrogen) atoms. The standard InChI is InChI=1S/C17H24N4O2.ClH/c1-20-16(22)9-12-10-21(7-6-14(12)19-20)17(23)15-8-11-4-2-3-5-13(11)18-15;/h9,11,13,15,18H,2-8,10H2,1H3;1H. The Morgan fingerprint density at radius 2 is 2.12 bits per heavy atom. The van der Waals surface area contributed by atoms with Gasteiger partial charge in [-0.3, -0.25) is 9.59 Å². The van der Waals surface area contributed by atoms with Crippen LogP contribution in [-0.4, -0.2) is 39.2 Å². The van der Waals surface area contributed by atoms with Crippen LogP contribution in [0.3, 0.4) is 0 Å². The summed E-state index contributed by atoms with van der Waals surface area (Å²) < 4.78 is 1.37. The zero-order valence-electron chi connectivity index (χ0n) is 14.0. The number of amides is 1. The zero-order chi connectivity index (χ0) is 16.0. The predicted molar refractivity (Wildman–Crippen MR) is 93.1 cm³/mol. The molecule has 0 bridgehead atoms. The largest absolute Gasteiger partial charge is 0.337 e. The maximum atomic E-state index is 12.9. The van der Waals surface area contributed by atoms with Gasteiger partial charge in [0.15, 0.2) is 0 Å². The summed E-state index contributed by atoms with van der Waals surface area (Å²) in [6.45, 7) is 1.22. The molecule has 1 aromatic heterocycles. The Hall–Kier alpha value is -1.40. The Morgan fingerprint density at radius 1 is 1.33 bits per heavy atom. The monoisotopic (exact) mass is 352 g/mol. The highest BCUT2D eigenvalue weighted by Gasteiger charge is 2.40. The van der Waals surface area contributed by atoms with E-state index in [0.29, 0.717) is 25.0 Å². The molecule has 1 saturated carbocycles. The van der Waals surface area contributed by atoms with Gasteiger partial charge in [-0.15, -0.1) is 12.4 Å². The smallest absolute Gasteiger partial charge is 0.266 e. The lowest BCUT2D eigenvalue weighted by Gasteiger charge is -2.30. The van der Waals surface area contributed by atoms with Crippen molar-refractivity contribution < 1.29 is 4.79 Å². The number of halogens is 1. The summed E-state index contributed by atoms with van der Waals surface area (Å²) in [5.41, 5.74) is 1.75. The minimum Gasteiger partial charge on any atom is -0.337 e. The van der Waals surface area contributed by atoms with Crippen LogP contribution in [0.5, 0.6) is 0 Å². The van der Waals surface area contributed by atoms with Gasteiger partial charge in [0.2, 0.25) is 5.91 Å². The molecule has 1 amide bonds. The van der Waals surface area contributed by atoms with Crippen molar-refractivity contribution in [3.63, 3.8) is 0 Å². The molecule has 1 N–H and O–H groups in total. The van der Waals surface area contributed by atoms with Crippen LogP contribution < -0.4 is 10.9 Å². The fourth-order valence-corrected chi connectivity index (χ4v) is 4.41. The van der Waals surface area contributed by atoms with Crippen LogP contribution in [0.15, 0.2) is 10.9 Å². The van der Waals surface area contributed by atoms with E-state index in [4.69, 9.17) is 0 Å². The van der Waals surface area contributed by atoms with Gasteiger partial charge in [-0.25, -0.2) is 4.68 Å². The lowest BCUT2D eigenvalue weighted by atomic mass is 9.85. The van der Waals surface area contributed by atoms with Crippen molar-refractivity contribution in [3.05, 3.63) is 27.7 Å². The molecule has 4 rings (SSSR count). The molecule has 2 aliphatic heterocycles. The molecule has 0 aromatic carbocycles.